The van der Waals surface area contributed by atoms with E-state index in [0.29, 0.717) is 23.4 Å². The fourth-order valence-electron chi connectivity index (χ4n) is 3.89. The van der Waals surface area contributed by atoms with E-state index in [9.17, 15) is 14.7 Å². The van der Waals surface area contributed by atoms with Crippen molar-refractivity contribution in [3.05, 3.63) is 119 Å². The summed E-state index contributed by atoms with van der Waals surface area (Å²) in [6.45, 7) is 0.395. The zero-order valence-electron chi connectivity index (χ0n) is 18.2. The Bertz CT molecular complexity index is 1380. The van der Waals surface area contributed by atoms with Crippen molar-refractivity contribution in [2.75, 3.05) is 5.32 Å². The first kappa shape index (κ1) is 21.8. The van der Waals surface area contributed by atoms with Gasteiger partial charge < -0.3 is 15.7 Å². The number of anilines is 1. The molecule has 0 aliphatic carbocycles. The van der Waals surface area contributed by atoms with Crippen molar-refractivity contribution >= 4 is 29.3 Å². The summed E-state index contributed by atoms with van der Waals surface area (Å²) in [6, 6.07) is 28.1. The van der Waals surface area contributed by atoms with Gasteiger partial charge in [0.15, 0.2) is 0 Å². The molecule has 0 bridgehead atoms. The Balaban J connectivity index is 1.26. The molecular formula is C28H22N2O3S. The summed E-state index contributed by atoms with van der Waals surface area (Å²) in [5.74, 6) is -0.127. The fourth-order valence-corrected chi connectivity index (χ4v) is 4.90. The summed E-state index contributed by atoms with van der Waals surface area (Å²) >= 11 is 1.51. The number of nitrogens with one attached hydrogen (secondary N) is 2. The molecule has 0 fully saturated rings. The third-order valence-electron chi connectivity index (χ3n) is 5.63. The summed E-state index contributed by atoms with van der Waals surface area (Å²) in [7, 11) is 0. The lowest BCUT2D eigenvalue weighted by Gasteiger charge is -2.11. The highest BCUT2D eigenvalue weighted by atomic mass is 32.2. The van der Waals surface area contributed by atoms with Gasteiger partial charge >= 0.3 is 0 Å². The van der Waals surface area contributed by atoms with Gasteiger partial charge in [0, 0.05) is 21.9 Å². The smallest absolute Gasteiger partial charge is 0.256 e. The van der Waals surface area contributed by atoms with Crippen LogP contribution in [0.25, 0.3) is 0 Å². The van der Waals surface area contributed by atoms with Crippen LogP contribution in [0.1, 0.15) is 37.4 Å². The molecule has 5 rings (SSSR count). The number of phenolic OH excluding ortho intramolecular Hbond substituents is 1. The maximum absolute atomic E-state index is 12.8. The minimum Gasteiger partial charge on any atom is -0.508 e. The van der Waals surface area contributed by atoms with Crippen LogP contribution in [0, 0.1) is 0 Å². The topological polar surface area (TPSA) is 78.4 Å². The van der Waals surface area contributed by atoms with E-state index in [1.54, 1.807) is 30.3 Å². The van der Waals surface area contributed by atoms with Crippen LogP contribution in [0.2, 0.25) is 0 Å². The summed E-state index contributed by atoms with van der Waals surface area (Å²) in [6.07, 6.45) is 0.743. The van der Waals surface area contributed by atoms with E-state index in [-0.39, 0.29) is 17.6 Å². The van der Waals surface area contributed by atoms with Gasteiger partial charge in [0.2, 0.25) is 0 Å². The van der Waals surface area contributed by atoms with Gasteiger partial charge in [0.05, 0.1) is 11.3 Å². The van der Waals surface area contributed by atoms with E-state index < -0.39 is 0 Å². The quantitative estimate of drug-likeness (QED) is 0.356. The van der Waals surface area contributed by atoms with Gasteiger partial charge in [-0.15, -0.1) is 0 Å². The number of rotatable bonds is 5. The fraction of sp³-hybridized carbons (Fsp3) is 0.0714. The second kappa shape index (κ2) is 9.45. The molecular weight excluding hydrogens is 444 g/mol. The Morgan fingerprint density at radius 2 is 1.62 bits per heavy atom. The molecule has 34 heavy (non-hydrogen) atoms. The minimum atomic E-state index is -0.201. The number of fused-ring (bicyclic) bond motifs is 2. The van der Waals surface area contributed by atoms with Crippen LogP contribution >= 0.6 is 11.8 Å². The molecule has 0 saturated carbocycles. The monoisotopic (exact) mass is 466 g/mol. The zero-order chi connectivity index (χ0) is 23.5. The van der Waals surface area contributed by atoms with Gasteiger partial charge in [-0.25, -0.2) is 0 Å². The summed E-state index contributed by atoms with van der Waals surface area (Å²) in [4.78, 5) is 27.2. The first-order valence-electron chi connectivity index (χ1n) is 10.9. The van der Waals surface area contributed by atoms with E-state index in [2.05, 4.69) is 16.7 Å². The Morgan fingerprint density at radius 3 is 2.47 bits per heavy atom. The van der Waals surface area contributed by atoms with E-state index in [1.165, 1.54) is 11.8 Å². The predicted molar refractivity (Wildman–Crippen MR) is 133 cm³/mol. The average molecular weight is 467 g/mol. The van der Waals surface area contributed by atoms with Gasteiger partial charge in [-0.05, 0) is 65.6 Å². The van der Waals surface area contributed by atoms with Crippen LogP contribution in [0.3, 0.4) is 0 Å². The molecule has 1 heterocycles. The van der Waals surface area contributed by atoms with E-state index in [1.807, 2.05) is 54.6 Å². The SMILES string of the molecule is O=C(NCc1cccc(Cc2ccc(O)cc2)c1)c1ccc2c(c1)NC(=O)c1ccccc1S2. The number of hydrogen-bond acceptors (Lipinski definition) is 4. The maximum Gasteiger partial charge on any atom is 0.256 e. The number of carbonyl (C=O) groups excluding carboxylic acids is 2. The van der Waals surface area contributed by atoms with Gasteiger partial charge in [-0.1, -0.05) is 60.3 Å². The molecule has 168 valence electrons. The van der Waals surface area contributed by atoms with Crippen molar-refractivity contribution in [3.8, 4) is 5.75 Å². The molecule has 2 amide bonds. The molecule has 6 heteroatoms. The van der Waals surface area contributed by atoms with E-state index >= 15 is 0 Å². The Morgan fingerprint density at radius 1 is 0.824 bits per heavy atom. The molecule has 3 N–H and O–H groups in total. The average Bonchev–Trinajstić information content (AvgIpc) is 2.99. The normalized spacial score (nSPS) is 12.2. The van der Waals surface area contributed by atoms with Crippen molar-refractivity contribution in [2.45, 2.75) is 22.8 Å². The van der Waals surface area contributed by atoms with E-state index in [4.69, 9.17) is 0 Å². The largest absolute Gasteiger partial charge is 0.508 e. The molecule has 4 aromatic rings. The standard InChI is InChI=1S/C28H22N2O3S/c31-22-11-8-18(9-12-22)14-19-4-3-5-20(15-19)17-29-27(32)21-10-13-26-24(16-21)30-28(33)23-6-1-2-7-25(23)34-26/h1-13,15-16,31H,14,17H2,(H,29,32)(H,30,33). The second-order valence-corrected chi connectivity index (χ2v) is 9.19. The lowest BCUT2D eigenvalue weighted by Crippen LogP contribution is -2.23. The van der Waals surface area contributed by atoms with Crippen LogP contribution in [0.5, 0.6) is 5.75 Å². The number of aromatic hydroxyl groups is 1. The van der Waals surface area contributed by atoms with Crippen LogP contribution in [-0.4, -0.2) is 16.9 Å². The first-order valence-corrected chi connectivity index (χ1v) is 11.7. The highest BCUT2D eigenvalue weighted by molar-refractivity contribution is 7.99. The number of hydrogen-bond donors (Lipinski definition) is 3. The summed E-state index contributed by atoms with van der Waals surface area (Å²) in [5.41, 5.74) is 4.98. The summed E-state index contributed by atoms with van der Waals surface area (Å²) < 4.78 is 0. The zero-order valence-corrected chi connectivity index (χ0v) is 19.1. The molecule has 5 nitrogen and oxygen atoms in total. The number of benzene rings is 4. The number of carbonyl (C=O) groups is 2. The molecule has 1 aliphatic rings. The number of amides is 2. The van der Waals surface area contributed by atoms with Gasteiger partial charge in [0.1, 0.15) is 5.75 Å². The second-order valence-electron chi connectivity index (χ2n) is 8.11. The minimum absolute atomic E-state index is 0.176. The van der Waals surface area contributed by atoms with Crippen molar-refractivity contribution < 1.29 is 14.7 Å². The Hall–Kier alpha value is -4.03. The van der Waals surface area contributed by atoms with Crippen LogP contribution < -0.4 is 10.6 Å². The third-order valence-corrected chi connectivity index (χ3v) is 6.78. The van der Waals surface area contributed by atoms with Crippen molar-refractivity contribution in [3.63, 3.8) is 0 Å². The molecule has 0 saturated heterocycles. The van der Waals surface area contributed by atoms with Gasteiger partial charge in [-0.3, -0.25) is 9.59 Å². The van der Waals surface area contributed by atoms with Crippen molar-refractivity contribution in [2.24, 2.45) is 0 Å². The molecule has 1 aliphatic heterocycles. The molecule has 0 aromatic heterocycles. The van der Waals surface area contributed by atoms with Crippen LogP contribution in [0.15, 0.2) is 101 Å². The molecule has 0 spiro atoms. The highest BCUT2D eigenvalue weighted by Crippen LogP contribution is 2.39. The van der Waals surface area contributed by atoms with Gasteiger partial charge in [0.25, 0.3) is 11.8 Å². The molecule has 4 aromatic carbocycles. The first-order chi connectivity index (χ1) is 16.5. The van der Waals surface area contributed by atoms with Crippen molar-refractivity contribution in [1.29, 1.82) is 0 Å². The maximum atomic E-state index is 12.8. The lowest BCUT2D eigenvalue weighted by molar-refractivity contribution is 0.0949. The molecule has 0 radical (unpaired) electrons. The summed E-state index contributed by atoms with van der Waals surface area (Å²) in [5, 5.41) is 15.4. The van der Waals surface area contributed by atoms with E-state index in [0.717, 1.165) is 32.9 Å². The molecule has 0 atom stereocenters. The third kappa shape index (κ3) is 4.82. The number of phenols is 1. The van der Waals surface area contributed by atoms with Gasteiger partial charge in [-0.2, -0.15) is 0 Å². The predicted octanol–water partition coefficient (Wildman–Crippen LogP) is 5.63. The lowest BCUT2D eigenvalue weighted by atomic mass is 10.0. The van der Waals surface area contributed by atoms with Crippen LogP contribution in [0.4, 0.5) is 5.69 Å². The highest BCUT2D eigenvalue weighted by Gasteiger charge is 2.20. The van der Waals surface area contributed by atoms with Crippen molar-refractivity contribution in [1.82, 2.24) is 5.32 Å². The van der Waals surface area contributed by atoms with Crippen LogP contribution in [-0.2, 0) is 13.0 Å². The molecule has 0 unspecified atom stereocenters. The Labute approximate surface area is 201 Å². The Kier molecular flexibility index (Phi) is 6.06.